The molecule has 1 fully saturated rings. The Morgan fingerprint density at radius 1 is 1.44 bits per heavy atom. The van der Waals surface area contributed by atoms with Crippen molar-refractivity contribution < 1.29 is 13.0 Å². The monoisotopic (exact) mass is 150 g/mol. The minimum Gasteiger partial charge on any atom is -0.285 e. The third kappa shape index (κ3) is 0.966. The van der Waals surface area contributed by atoms with Gasteiger partial charge >= 0.3 is 0 Å². The van der Waals surface area contributed by atoms with Gasteiger partial charge in [0.1, 0.15) is 0 Å². The topological polar surface area (TPSA) is 54.4 Å². The highest BCUT2D eigenvalue weighted by Gasteiger charge is 2.43. The molecule has 54 valence electrons. The van der Waals surface area contributed by atoms with Crippen LogP contribution in [0.2, 0.25) is 0 Å². The van der Waals surface area contributed by atoms with Gasteiger partial charge in [-0.15, -0.1) is 0 Å². The Balaban J connectivity index is 2.84. The molecule has 1 saturated carbocycles. The highest BCUT2D eigenvalue weighted by atomic mass is 32.2. The van der Waals surface area contributed by atoms with Crippen LogP contribution in [0.1, 0.15) is 26.2 Å². The quantitative estimate of drug-likeness (QED) is 0.563. The molecule has 9 heavy (non-hydrogen) atoms. The fraction of sp³-hybridized carbons (Fsp3) is 1.00. The Kier molecular flexibility index (Phi) is 1.33. The van der Waals surface area contributed by atoms with Crippen molar-refractivity contribution in [2.24, 2.45) is 0 Å². The molecule has 0 amide bonds. The van der Waals surface area contributed by atoms with E-state index in [9.17, 15) is 8.42 Å². The van der Waals surface area contributed by atoms with Crippen molar-refractivity contribution in [3.05, 3.63) is 0 Å². The second kappa shape index (κ2) is 1.70. The van der Waals surface area contributed by atoms with E-state index in [1.165, 1.54) is 0 Å². The molecular formula is C5H10O3S. The molecule has 0 spiro atoms. The molecule has 0 aromatic carbocycles. The summed E-state index contributed by atoms with van der Waals surface area (Å²) >= 11 is 0. The standard InChI is InChI=1S/C5H10O3S/c1-5(3-2-4-5)9(6,7)8/h2-4H2,1H3,(H,6,7,8). The highest BCUT2D eigenvalue weighted by molar-refractivity contribution is 7.87. The summed E-state index contributed by atoms with van der Waals surface area (Å²) in [6.45, 7) is 1.58. The lowest BCUT2D eigenvalue weighted by Crippen LogP contribution is -2.41. The van der Waals surface area contributed by atoms with Crippen LogP contribution in [0.3, 0.4) is 0 Å². The zero-order chi connectivity index (χ0) is 7.12. The molecule has 0 bridgehead atoms. The van der Waals surface area contributed by atoms with Crippen LogP contribution in [0, 0.1) is 0 Å². The van der Waals surface area contributed by atoms with Gasteiger partial charge in [0, 0.05) is 0 Å². The second-order valence-electron chi connectivity index (χ2n) is 2.78. The molecule has 4 heteroatoms. The number of rotatable bonds is 1. The van der Waals surface area contributed by atoms with E-state index in [0.29, 0.717) is 12.8 Å². The summed E-state index contributed by atoms with van der Waals surface area (Å²) in [5.74, 6) is 0. The lowest BCUT2D eigenvalue weighted by Gasteiger charge is -2.34. The van der Waals surface area contributed by atoms with Crippen molar-refractivity contribution in [3.63, 3.8) is 0 Å². The molecule has 0 saturated heterocycles. The summed E-state index contributed by atoms with van der Waals surface area (Å²) in [4.78, 5) is 0. The van der Waals surface area contributed by atoms with Crippen molar-refractivity contribution in [2.75, 3.05) is 0 Å². The minimum atomic E-state index is -3.77. The lowest BCUT2D eigenvalue weighted by molar-refractivity contribution is 0.328. The maximum atomic E-state index is 10.5. The van der Waals surface area contributed by atoms with Gasteiger partial charge in [-0.05, 0) is 19.8 Å². The van der Waals surface area contributed by atoms with Gasteiger partial charge in [0.15, 0.2) is 0 Å². The van der Waals surface area contributed by atoms with Gasteiger partial charge in [-0.1, -0.05) is 6.42 Å². The summed E-state index contributed by atoms with van der Waals surface area (Å²) in [6.07, 6.45) is 2.12. The molecule has 0 aromatic heterocycles. The van der Waals surface area contributed by atoms with E-state index >= 15 is 0 Å². The Morgan fingerprint density at radius 3 is 1.89 bits per heavy atom. The Bertz CT molecular complexity index is 200. The Morgan fingerprint density at radius 2 is 1.89 bits per heavy atom. The summed E-state index contributed by atoms with van der Waals surface area (Å²) < 4.78 is 28.7. The van der Waals surface area contributed by atoms with Crippen molar-refractivity contribution in [1.29, 1.82) is 0 Å². The maximum absolute atomic E-state index is 10.5. The van der Waals surface area contributed by atoms with E-state index < -0.39 is 14.9 Å². The molecule has 1 rings (SSSR count). The summed E-state index contributed by atoms with van der Waals surface area (Å²) in [7, 11) is -3.77. The van der Waals surface area contributed by atoms with E-state index in [4.69, 9.17) is 4.55 Å². The Hall–Kier alpha value is -0.0900. The SMILES string of the molecule is CC1(S(=O)(=O)O)CCC1. The van der Waals surface area contributed by atoms with Crippen LogP contribution in [0.25, 0.3) is 0 Å². The van der Waals surface area contributed by atoms with E-state index in [1.807, 2.05) is 0 Å². The first-order chi connectivity index (χ1) is 3.96. The van der Waals surface area contributed by atoms with E-state index in [0.717, 1.165) is 6.42 Å². The van der Waals surface area contributed by atoms with Crippen LogP contribution >= 0.6 is 0 Å². The summed E-state index contributed by atoms with van der Waals surface area (Å²) in [5, 5.41) is 0. The van der Waals surface area contributed by atoms with Crippen LogP contribution in [0.15, 0.2) is 0 Å². The van der Waals surface area contributed by atoms with E-state index in [-0.39, 0.29) is 0 Å². The van der Waals surface area contributed by atoms with Gasteiger partial charge in [-0.3, -0.25) is 4.55 Å². The third-order valence-corrected chi connectivity index (χ3v) is 3.69. The van der Waals surface area contributed by atoms with Crippen LogP contribution in [-0.2, 0) is 10.1 Å². The first-order valence-corrected chi connectivity index (χ1v) is 4.37. The van der Waals surface area contributed by atoms with Crippen LogP contribution in [0.5, 0.6) is 0 Å². The summed E-state index contributed by atoms with van der Waals surface area (Å²) in [5.41, 5.74) is 0. The average Bonchev–Trinajstić information content (AvgIpc) is 1.57. The van der Waals surface area contributed by atoms with Gasteiger partial charge < -0.3 is 0 Å². The highest BCUT2D eigenvalue weighted by Crippen LogP contribution is 2.37. The molecule has 3 nitrogen and oxygen atoms in total. The zero-order valence-electron chi connectivity index (χ0n) is 5.29. The van der Waals surface area contributed by atoms with Crippen LogP contribution in [0.4, 0.5) is 0 Å². The van der Waals surface area contributed by atoms with Crippen molar-refractivity contribution >= 4 is 10.1 Å². The first kappa shape index (κ1) is 7.02. The molecule has 1 aliphatic rings. The number of hydrogen-bond donors (Lipinski definition) is 1. The average molecular weight is 150 g/mol. The van der Waals surface area contributed by atoms with Crippen molar-refractivity contribution in [3.8, 4) is 0 Å². The van der Waals surface area contributed by atoms with Crippen molar-refractivity contribution in [1.82, 2.24) is 0 Å². The second-order valence-corrected chi connectivity index (χ2v) is 4.71. The normalized spacial score (nSPS) is 25.1. The zero-order valence-corrected chi connectivity index (χ0v) is 6.11. The first-order valence-electron chi connectivity index (χ1n) is 2.93. The Labute approximate surface area is 54.8 Å². The van der Waals surface area contributed by atoms with Gasteiger partial charge in [0.25, 0.3) is 10.1 Å². The van der Waals surface area contributed by atoms with Gasteiger partial charge in [0.05, 0.1) is 4.75 Å². The summed E-state index contributed by atoms with van der Waals surface area (Å²) in [6, 6.07) is 0. The fourth-order valence-corrected chi connectivity index (χ4v) is 1.74. The maximum Gasteiger partial charge on any atom is 0.270 e. The predicted octanol–water partition coefficient (Wildman–Crippen LogP) is 0.817. The van der Waals surface area contributed by atoms with E-state index in [1.54, 1.807) is 6.92 Å². The smallest absolute Gasteiger partial charge is 0.270 e. The largest absolute Gasteiger partial charge is 0.285 e. The molecule has 1 aliphatic carbocycles. The third-order valence-electron chi connectivity index (χ3n) is 2.03. The minimum absolute atomic E-state index is 0.603. The lowest BCUT2D eigenvalue weighted by atomic mass is 9.86. The molecule has 0 unspecified atom stereocenters. The number of hydrogen-bond acceptors (Lipinski definition) is 2. The molecule has 0 atom stereocenters. The van der Waals surface area contributed by atoms with Crippen LogP contribution < -0.4 is 0 Å². The van der Waals surface area contributed by atoms with E-state index in [2.05, 4.69) is 0 Å². The van der Waals surface area contributed by atoms with Crippen LogP contribution in [-0.4, -0.2) is 17.7 Å². The molecule has 1 N–H and O–H groups in total. The van der Waals surface area contributed by atoms with Gasteiger partial charge in [-0.2, -0.15) is 8.42 Å². The van der Waals surface area contributed by atoms with Gasteiger partial charge in [-0.25, -0.2) is 0 Å². The molecule has 0 aromatic rings. The fourth-order valence-electron chi connectivity index (χ4n) is 0.933. The predicted molar refractivity (Wildman–Crippen MR) is 33.8 cm³/mol. The molecule has 0 aliphatic heterocycles. The molecule has 0 heterocycles. The molecular weight excluding hydrogens is 140 g/mol. The molecule has 0 radical (unpaired) electrons. The van der Waals surface area contributed by atoms with Gasteiger partial charge in [0.2, 0.25) is 0 Å². The van der Waals surface area contributed by atoms with Crippen molar-refractivity contribution in [2.45, 2.75) is 30.9 Å².